The zero-order valence-corrected chi connectivity index (χ0v) is 11.1. The number of methoxy groups -OCH3 is 1. The van der Waals surface area contributed by atoms with Gasteiger partial charge >= 0.3 is 5.97 Å². The Morgan fingerprint density at radius 2 is 2.06 bits per heavy atom. The summed E-state index contributed by atoms with van der Waals surface area (Å²) in [7, 11) is 1.31. The minimum Gasteiger partial charge on any atom is -0.465 e. The van der Waals surface area contributed by atoms with Crippen LogP contribution >= 0.6 is 0 Å². The number of halogens is 1. The van der Waals surface area contributed by atoms with Crippen LogP contribution in [0.5, 0.6) is 0 Å². The van der Waals surface area contributed by atoms with Gasteiger partial charge in [-0.25, -0.2) is 9.18 Å². The summed E-state index contributed by atoms with van der Waals surface area (Å²) in [5, 5.41) is 3.05. The highest BCUT2D eigenvalue weighted by Crippen LogP contribution is 2.18. The maximum Gasteiger partial charge on any atom is 0.337 e. The van der Waals surface area contributed by atoms with Gasteiger partial charge in [-0.3, -0.25) is 0 Å². The monoisotopic (exact) mass is 253 g/mol. The summed E-state index contributed by atoms with van der Waals surface area (Å²) in [6.07, 6.45) is 2.09. The third-order valence-electron chi connectivity index (χ3n) is 3.12. The number of benzene rings is 1. The Bertz CT molecular complexity index is 403. The fourth-order valence-corrected chi connectivity index (χ4v) is 1.74. The van der Waals surface area contributed by atoms with E-state index in [1.807, 2.05) is 0 Å². The Kier molecular flexibility index (Phi) is 5.62. The summed E-state index contributed by atoms with van der Waals surface area (Å²) in [5.41, 5.74) is 0.704. The second-order valence-electron chi connectivity index (χ2n) is 4.25. The average Bonchev–Trinajstić information content (AvgIpc) is 2.40. The molecule has 1 aromatic carbocycles. The van der Waals surface area contributed by atoms with Gasteiger partial charge in [-0.15, -0.1) is 0 Å². The normalized spacial score (nSPS) is 10.5. The standard InChI is InChI=1S/C14H20FNO2/c1-4-10(5-2)9-16-13-8-11(14(17)18-3)6-7-12(13)15/h6-8,10,16H,4-5,9H2,1-3H3. The van der Waals surface area contributed by atoms with Crippen LogP contribution in [-0.4, -0.2) is 19.6 Å². The number of ether oxygens (including phenoxy) is 1. The molecule has 0 bridgehead atoms. The van der Waals surface area contributed by atoms with Gasteiger partial charge in [0, 0.05) is 6.54 Å². The molecule has 18 heavy (non-hydrogen) atoms. The highest BCUT2D eigenvalue weighted by atomic mass is 19.1. The number of anilines is 1. The number of carbonyl (C=O) groups is 1. The van der Waals surface area contributed by atoms with Gasteiger partial charge in [0.25, 0.3) is 0 Å². The molecule has 4 heteroatoms. The number of nitrogens with one attached hydrogen (secondary N) is 1. The summed E-state index contributed by atoms with van der Waals surface area (Å²) in [5.74, 6) is -0.305. The van der Waals surface area contributed by atoms with E-state index in [2.05, 4.69) is 23.9 Å². The van der Waals surface area contributed by atoms with Crippen molar-refractivity contribution in [3.63, 3.8) is 0 Å². The molecule has 1 N–H and O–H groups in total. The molecule has 0 spiro atoms. The number of carbonyl (C=O) groups excluding carboxylic acids is 1. The second-order valence-corrected chi connectivity index (χ2v) is 4.25. The number of hydrogen-bond donors (Lipinski definition) is 1. The lowest BCUT2D eigenvalue weighted by Gasteiger charge is -2.15. The maximum absolute atomic E-state index is 13.6. The average molecular weight is 253 g/mol. The number of hydrogen-bond acceptors (Lipinski definition) is 3. The zero-order chi connectivity index (χ0) is 13.5. The first-order valence-corrected chi connectivity index (χ1v) is 6.24. The number of esters is 1. The van der Waals surface area contributed by atoms with E-state index in [1.165, 1.54) is 25.3 Å². The Labute approximate surface area is 107 Å². The molecule has 1 rings (SSSR count). The van der Waals surface area contributed by atoms with Crippen LogP contribution in [0.1, 0.15) is 37.0 Å². The molecule has 100 valence electrons. The largest absolute Gasteiger partial charge is 0.465 e. The van der Waals surface area contributed by atoms with E-state index in [0.717, 1.165) is 12.8 Å². The molecule has 0 radical (unpaired) electrons. The molecular formula is C14H20FNO2. The molecule has 0 atom stereocenters. The molecule has 0 saturated carbocycles. The fraction of sp³-hybridized carbons (Fsp3) is 0.500. The lowest BCUT2D eigenvalue weighted by Crippen LogP contribution is -2.14. The molecule has 1 aromatic rings. The third-order valence-corrected chi connectivity index (χ3v) is 3.12. The van der Waals surface area contributed by atoms with Gasteiger partial charge in [0.2, 0.25) is 0 Å². The number of rotatable bonds is 6. The van der Waals surface area contributed by atoms with E-state index < -0.39 is 5.97 Å². The summed E-state index contributed by atoms with van der Waals surface area (Å²) in [6.45, 7) is 4.92. The van der Waals surface area contributed by atoms with Crippen molar-refractivity contribution < 1.29 is 13.9 Å². The van der Waals surface area contributed by atoms with Gasteiger partial charge in [-0.1, -0.05) is 26.7 Å². The molecule has 0 amide bonds. The molecule has 0 heterocycles. The van der Waals surface area contributed by atoms with Crippen molar-refractivity contribution in [3.05, 3.63) is 29.6 Å². The molecule has 0 aromatic heterocycles. The Morgan fingerprint density at radius 1 is 1.39 bits per heavy atom. The van der Waals surface area contributed by atoms with E-state index in [1.54, 1.807) is 0 Å². The van der Waals surface area contributed by atoms with Crippen LogP contribution in [0.3, 0.4) is 0 Å². The molecule has 0 saturated heterocycles. The third kappa shape index (κ3) is 3.72. The Morgan fingerprint density at radius 3 is 2.61 bits per heavy atom. The molecule has 0 unspecified atom stereocenters. The molecule has 0 aliphatic carbocycles. The Hall–Kier alpha value is -1.58. The van der Waals surface area contributed by atoms with Crippen molar-refractivity contribution in [2.45, 2.75) is 26.7 Å². The quantitative estimate of drug-likeness (QED) is 0.789. The topological polar surface area (TPSA) is 38.3 Å². The lowest BCUT2D eigenvalue weighted by molar-refractivity contribution is 0.0600. The van der Waals surface area contributed by atoms with E-state index in [9.17, 15) is 9.18 Å². The molecule has 0 fully saturated rings. The van der Waals surface area contributed by atoms with Crippen molar-refractivity contribution in [1.29, 1.82) is 0 Å². The highest BCUT2D eigenvalue weighted by Gasteiger charge is 2.11. The van der Waals surface area contributed by atoms with Gasteiger partial charge in [-0.05, 0) is 24.1 Å². The van der Waals surface area contributed by atoms with E-state index in [0.29, 0.717) is 23.7 Å². The van der Waals surface area contributed by atoms with E-state index >= 15 is 0 Å². The molecule has 3 nitrogen and oxygen atoms in total. The predicted molar refractivity (Wildman–Crippen MR) is 70.3 cm³/mol. The minimum absolute atomic E-state index is 0.352. The van der Waals surface area contributed by atoms with E-state index in [4.69, 9.17) is 0 Å². The SMILES string of the molecule is CCC(CC)CNc1cc(C(=O)OC)ccc1F. The van der Waals surface area contributed by atoms with Crippen LogP contribution in [0.15, 0.2) is 18.2 Å². The van der Waals surface area contributed by atoms with Crippen molar-refractivity contribution in [2.24, 2.45) is 5.92 Å². The van der Waals surface area contributed by atoms with Gasteiger partial charge in [-0.2, -0.15) is 0 Å². The molecule has 0 aliphatic heterocycles. The van der Waals surface area contributed by atoms with E-state index in [-0.39, 0.29) is 5.82 Å². The Balaban J connectivity index is 2.78. The van der Waals surface area contributed by atoms with Crippen LogP contribution in [0.2, 0.25) is 0 Å². The van der Waals surface area contributed by atoms with Crippen molar-refractivity contribution >= 4 is 11.7 Å². The van der Waals surface area contributed by atoms with Gasteiger partial charge in [0.05, 0.1) is 18.4 Å². The van der Waals surface area contributed by atoms with Crippen molar-refractivity contribution in [2.75, 3.05) is 19.0 Å². The smallest absolute Gasteiger partial charge is 0.337 e. The first-order chi connectivity index (χ1) is 8.62. The highest BCUT2D eigenvalue weighted by molar-refractivity contribution is 5.90. The molecular weight excluding hydrogens is 233 g/mol. The van der Waals surface area contributed by atoms with Gasteiger partial charge in [0.1, 0.15) is 5.82 Å². The van der Waals surface area contributed by atoms with Crippen molar-refractivity contribution in [3.8, 4) is 0 Å². The van der Waals surface area contributed by atoms with Crippen LogP contribution < -0.4 is 5.32 Å². The first kappa shape index (κ1) is 14.5. The summed E-state index contributed by atoms with van der Waals surface area (Å²) in [6, 6.07) is 4.19. The predicted octanol–water partition coefficient (Wildman–Crippen LogP) is 3.46. The van der Waals surface area contributed by atoms with Crippen LogP contribution in [0, 0.1) is 11.7 Å². The summed E-state index contributed by atoms with van der Waals surface area (Å²) >= 11 is 0. The second kappa shape index (κ2) is 6.99. The maximum atomic E-state index is 13.6. The lowest BCUT2D eigenvalue weighted by atomic mass is 10.0. The summed E-state index contributed by atoms with van der Waals surface area (Å²) in [4.78, 5) is 11.4. The van der Waals surface area contributed by atoms with Crippen molar-refractivity contribution in [1.82, 2.24) is 0 Å². The van der Waals surface area contributed by atoms with Crippen LogP contribution in [-0.2, 0) is 4.74 Å². The molecule has 0 aliphatic rings. The van der Waals surface area contributed by atoms with Gasteiger partial charge in [0.15, 0.2) is 0 Å². The van der Waals surface area contributed by atoms with Gasteiger partial charge < -0.3 is 10.1 Å². The van der Waals surface area contributed by atoms with Crippen LogP contribution in [0.25, 0.3) is 0 Å². The zero-order valence-electron chi connectivity index (χ0n) is 11.1. The minimum atomic E-state index is -0.458. The summed E-state index contributed by atoms with van der Waals surface area (Å²) < 4.78 is 18.2. The van der Waals surface area contributed by atoms with Crippen LogP contribution in [0.4, 0.5) is 10.1 Å². The first-order valence-electron chi connectivity index (χ1n) is 6.24. The fourth-order valence-electron chi connectivity index (χ4n) is 1.74.